The Morgan fingerprint density at radius 2 is 2.16 bits per heavy atom. The fourth-order valence-electron chi connectivity index (χ4n) is 2.32. The van der Waals surface area contributed by atoms with E-state index >= 15 is 0 Å². The van der Waals surface area contributed by atoms with E-state index in [0.29, 0.717) is 12.6 Å². The van der Waals surface area contributed by atoms with E-state index in [-0.39, 0.29) is 6.04 Å². The lowest BCUT2D eigenvalue weighted by Crippen LogP contribution is -2.33. The van der Waals surface area contributed by atoms with Gasteiger partial charge in [0.05, 0.1) is 30.0 Å². The van der Waals surface area contributed by atoms with E-state index in [2.05, 4.69) is 46.9 Å². The molecule has 1 heterocycles. The summed E-state index contributed by atoms with van der Waals surface area (Å²) in [6.45, 7) is 4.86. The highest BCUT2D eigenvalue weighted by molar-refractivity contribution is 5.77. The lowest BCUT2D eigenvalue weighted by Gasteiger charge is -2.12. The van der Waals surface area contributed by atoms with Gasteiger partial charge in [-0.25, -0.2) is 4.98 Å². The van der Waals surface area contributed by atoms with Crippen LogP contribution >= 0.6 is 0 Å². The molecule has 1 unspecified atom stereocenters. The third kappa shape index (κ3) is 2.47. The van der Waals surface area contributed by atoms with Gasteiger partial charge in [0.15, 0.2) is 0 Å². The second kappa shape index (κ2) is 4.67. The highest BCUT2D eigenvalue weighted by atomic mass is 15.1. The number of hydrogen-bond donors (Lipinski definition) is 1. The Bertz CT molecular complexity index is 646. The first-order valence-corrected chi connectivity index (χ1v) is 6.75. The van der Waals surface area contributed by atoms with Crippen molar-refractivity contribution in [2.45, 2.75) is 45.3 Å². The number of nitrogens with one attached hydrogen (secondary N) is 1. The maximum atomic E-state index is 9.23. The predicted molar refractivity (Wildman–Crippen MR) is 74.8 cm³/mol. The molecule has 1 saturated carbocycles. The molecule has 1 aliphatic rings. The van der Waals surface area contributed by atoms with Crippen molar-refractivity contribution < 1.29 is 0 Å². The van der Waals surface area contributed by atoms with Gasteiger partial charge >= 0.3 is 0 Å². The lowest BCUT2D eigenvalue weighted by molar-refractivity contribution is 0.526. The van der Waals surface area contributed by atoms with Crippen LogP contribution in [0.15, 0.2) is 18.5 Å². The molecule has 2 aromatic rings. The number of fused-ring (bicyclic) bond motifs is 1. The monoisotopic (exact) mass is 254 g/mol. The van der Waals surface area contributed by atoms with Crippen molar-refractivity contribution in [3.8, 4) is 6.07 Å². The van der Waals surface area contributed by atoms with Crippen LogP contribution in [0.25, 0.3) is 11.0 Å². The van der Waals surface area contributed by atoms with E-state index < -0.39 is 0 Å². The van der Waals surface area contributed by atoms with Crippen LogP contribution in [0.4, 0.5) is 0 Å². The molecule has 0 spiro atoms. The number of aromatic nitrogens is 2. The average Bonchev–Trinajstić information content (AvgIpc) is 3.13. The zero-order valence-electron chi connectivity index (χ0n) is 11.3. The zero-order chi connectivity index (χ0) is 13.4. The smallest absolute Gasteiger partial charge is 0.114 e. The van der Waals surface area contributed by atoms with Gasteiger partial charge in [0.25, 0.3) is 0 Å². The van der Waals surface area contributed by atoms with Crippen LogP contribution in [0.3, 0.4) is 0 Å². The Labute approximate surface area is 113 Å². The minimum Gasteiger partial charge on any atom is -0.328 e. The molecule has 1 atom stereocenters. The molecule has 1 fully saturated rings. The van der Waals surface area contributed by atoms with E-state index in [1.807, 2.05) is 6.33 Å². The SMILES string of the molecule is Cc1cc2ncn(CC(C#N)NC3CC3)c2cc1C. The van der Waals surface area contributed by atoms with Crippen LogP contribution in [0, 0.1) is 25.2 Å². The van der Waals surface area contributed by atoms with Crippen LogP contribution in [-0.4, -0.2) is 21.6 Å². The van der Waals surface area contributed by atoms with Crippen LogP contribution in [0.1, 0.15) is 24.0 Å². The first kappa shape index (κ1) is 12.2. The molecular formula is C15H18N4. The minimum atomic E-state index is -0.133. The lowest BCUT2D eigenvalue weighted by atomic mass is 10.1. The summed E-state index contributed by atoms with van der Waals surface area (Å²) in [6, 6.07) is 7.02. The topological polar surface area (TPSA) is 53.6 Å². The fraction of sp³-hybridized carbons (Fsp3) is 0.467. The van der Waals surface area contributed by atoms with E-state index in [9.17, 15) is 5.26 Å². The number of aryl methyl sites for hydroxylation is 2. The summed E-state index contributed by atoms with van der Waals surface area (Å²) in [4.78, 5) is 4.43. The molecule has 0 amide bonds. The number of nitriles is 1. The van der Waals surface area contributed by atoms with Crippen LogP contribution in [0.5, 0.6) is 0 Å². The molecule has 4 nitrogen and oxygen atoms in total. The Morgan fingerprint density at radius 3 is 2.84 bits per heavy atom. The van der Waals surface area contributed by atoms with Crippen molar-refractivity contribution in [3.05, 3.63) is 29.6 Å². The molecule has 0 radical (unpaired) electrons. The summed E-state index contributed by atoms with van der Waals surface area (Å²) in [6.07, 6.45) is 4.23. The maximum absolute atomic E-state index is 9.23. The molecule has 0 saturated heterocycles. The molecular weight excluding hydrogens is 236 g/mol. The Morgan fingerprint density at radius 1 is 1.42 bits per heavy atom. The molecule has 0 bridgehead atoms. The van der Waals surface area contributed by atoms with Gasteiger partial charge in [0, 0.05) is 6.04 Å². The van der Waals surface area contributed by atoms with E-state index in [4.69, 9.17) is 0 Å². The molecule has 0 aliphatic heterocycles. The van der Waals surface area contributed by atoms with Gasteiger partial charge < -0.3 is 4.57 Å². The van der Waals surface area contributed by atoms with Crippen molar-refractivity contribution in [3.63, 3.8) is 0 Å². The van der Waals surface area contributed by atoms with Gasteiger partial charge in [-0.3, -0.25) is 5.32 Å². The van der Waals surface area contributed by atoms with Gasteiger partial charge in [-0.1, -0.05) is 0 Å². The summed E-state index contributed by atoms with van der Waals surface area (Å²) < 4.78 is 2.07. The van der Waals surface area contributed by atoms with Gasteiger partial charge in [0.1, 0.15) is 6.04 Å². The molecule has 1 aliphatic carbocycles. The molecule has 4 heteroatoms. The standard InChI is InChI=1S/C15H18N4/c1-10-5-14-15(6-11(10)2)19(9-17-14)8-13(7-16)18-12-3-4-12/h5-6,9,12-13,18H,3-4,8H2,1-2H3. The van der Waals surface area contributed by atoms with Gasteiger partial charge in [-0.2, -0.15) is 5.26 Å². The van der Waals surface area contributed by atoms with Crippen molar-refractivity contribution in [2.24, 2.45) is 0 Å². The van der Waals surface area contributed by atoms with Gasteiger partial charge in [0.2, 0.25) is 0 Å². The molecule has 1 N–H and O–H groups in total. The predicted octanol–water partition coefficient (Wildman–Crippen LogP) is 2.30. The average molecular weight is 254 g/mol. The van der Waals surface area contributed by atoms with Crippen LogP contribution < -0.4 is 5.32 Å². The normalized spacial score (nSPS) is 16.5. The van der Waals surface area contributed by atoms with Crippen LogP contribution in [0.2, 0.25) is 0 Å². The van der Waals surface area contributed by atoms with Crippen molar-refractivity contribution in [1.82, 2.24) is 14.9 Å². The van der Waals surface area contributed by atoms with Crippen molar-refractivity contribution in [1.29, 1.82) is 5.26 Å². The largest absolute Gasteiger partial charge is 0.328 e. The number of imidazole rings is 1. The van der Waals surface area contributed by atoms with E-state index in [1.165, 1.54) is 24.0 Å². The third-order valence-corrected chi connectivity index (χ3v) is 3.79. The minimum absolute atomic E-state index is 0.133. The number of rotatable bonds is 4. The Kier molecular flexibility index (Phi) is 3.00. The van der Waals surface area contributed by atoms with Gasteiger partial charge in [-0.05, 0) is 49.9 Å². The second-order valence-corrected chi connectivity index (χ2v) is 5.44. The second-order valence-electron chi connectivity index (χ2n) is 5.44. The van der Waals surface area contributed by atoms with Crippen LogP contribution in [-0.2, 0) is 6.54 Å². The summed E-state index contributed by atoms with van der Waals surface area (Å²) in [5.74, 6) is 0. The summed E-state index contributed by atoms with van der Waals surface area (Å²) in [5, 5.41) is 12.6. The molecule has 1 aromatic carbocycles. The molecule has 19 heavy (non-hydrogen) atoms. The first-order valence-electron chi connectivity index (χ1n) is 6.75. The van der Waals surface area contributed by atoms with Crippen molar-refractivity contribution >= 4 is 11.0 Å². The Balaban J connectivity index is 1.87. The maximum Gasteiger partial charge on any atom is 0.114 e. The molecule has 1 aromatic heterocycles. The Hall–Kier alpha value is -1.86. The highest BCUT2D eigenvalue weighted by Gasteiger charge is 2.24. The molecule has 3 rings (SSSR count). The van der Waals surface area contributed by atoms with E-state index in [0.717, 1.165) is 11.0 Å². The number of hydrogen-bond acceptors (Lipinski definition) is 3. The first-order chi connectivity index (χ1) is 9.17. The highest BCUT2D eigenvalue weighted by Crippen LogP contribution is 2.21. The fourth-order valence-corrected chi connectivity index (χ4v) is 2.32. The number of benzene rings is 1. The summed E-state index contributed by atoms with van der Waals surface area (Å²) in [5.41, 5.74) is 4.63. The summed E-state index contributed by atoms with van der Waals surface area (Å²) >= 11 is 0. The quantitative estimate of drug-likeness (QED) is 0.910. The van der Waals surface area contributed by atoms with Gasteiger partial charge in [-0.15, -0.1) is 0 Å². The third-order valence-electron chi connectivity index (χ3n) is 3.79. The zero-order valence-corrected chi connectivity index (χ0v) is 11.3. The summed E-state index contributed by atoms with van der Waals surface area (Å²) in [7, 11) is 0. The molecule has 98 valence electrons. The van der Waals surface area contributed by atoms with E-state index in [1.54, 1.807) is 0 Å². The van der Waals surface area contributed by atoms with Crippen molar-refractivity contribution in [2.75, 3.05) is 0 Å². The number of nitrogens with zero attached hydrogens (tertiary/aromatic N) is 3.